The van der Waals surface area contributed by atoms with Gasteiger partial charge in [0, 0.05) is 29.2 Å². The van der Waals surface area contributed by atoms with Gasteiger partial charge in [0.15, 0.2) is 0 Å². The number of imidazole rings is 1. The first-order chi connectivity index (χ1) is 14.6. The van der Waals surface area contributed by atoms with Gasteiger partial charge in [0.1, 0.15) is 35.3 Å². The molecule has 0 aliphatic carbocycles. The van der Waals surface area contributed by atoms with Crippen LogP contribution in [0.1, 0.15) is 28.6 Å². The molecular formula is C23H19FN4O2. The molecule has 2 aromatic heterocycles. The Morgan fingerprint density at radius 1 is 1.33 bits per heavy atom. The Morgan fingerprint density at radius 3 is 3.00 bits per heavy atom. The summed E-state index contributed by atoms with van der Waals surface area (Å²) in [4.78, 5) is 8.12. The van der Waals surface area contributed by atoms with Crippen LogP contribution in [0.4, 0.5) is 4.39 Å². The minimum absolute atomic E-state index is 0.264. The lowest BCUT2D eigenvalue weighted by Gasteiger charge is -2.25. The summed E-state index contributed by atoms with van der Waals surface area (Å²) < 4.78 is 28.1. The minimum Gasteiger partial charge on any atom is -0.495 e. The molecule has 1 unspecified atom stereocenters. The molecule has 0 saturated heterocycles. The summed E-state index contributed by atoms with van der Waals surface area (Å²) in [7, 11) is 1.55. The summed E-state index contributed by atoms with van der Waals surface area (Å²) in [6.45, 7) is 2.87. The molecule has 4 aromatic rings. The van der Waals surface area contributed by atoms with Crippen molar-refractivity contribution < 1.29 is 13.9 Å². The summed E-state index contributed by atoms with van der Waals surface area (Å²) in [5.74, 6) is 0.938. The zero-order chi connectivity index (χ0) is 20.8. The maximum Gasteiger partial charge on any atom is 0.146 e. The number of nitrogens with one attached hydrogen (secondary N) is 1. The van der Waals surface area contributed by atoms with Crippen molar-refractivity contribution in [3.05, 3.63) is 70.9 Å². The number of H-pyrrole nitrogens is 1. The third kappa shape index (κ3) is 2.77. The predicted molar refractivity (Wildman–Crippen MR) is 110 cm³/mol. The third-order valence-electron chi connectivity index (χ3n) is 5.52. The Kier molecular flexibility index (Phi) is 4.30. The number of halogens is 1. The first-order valence-corrected chi connectivity index (χ1v) is 9.64. The van der Waals surface area contributed by atoms with Gasteiger partial charge in [-0.2, -0.15) is 5.26 Å². The average molecular weight is 402 g/mol. The average Bonchev–Trinajstić information content (AvgIpc) is 3.38. The number of hydrogen-bond donors (Lipinski definition) is 1. The number of nitriles is 1. The number of fused-ring (bicyclic) bond motifs is 2. The van der Waals surface area contributed by atoms with Crippen molar-refractivity contribution in [2.75, 3.05) is 13.7 Å². The monoisotopic (exact) mass is 402 g/mol. The predicted octanol–water partition coefficient (Wildman–Crippen LogP) is 4.48. The first-order valence-electron chi connectivity index (χ1n) is 9.64. The lowest BCUT2D eigenvalue weighted by atomic mass is 10.0. The van der Waals surface area contributed by atoms with Crippen LogP contribution in [0.15, 0.2) is 42.6 Å². The van der Waals surface area contributed by atoms with Crippen molar-refractivity contribution in [2.24, 2.45) is 0 Å². The second kappa shape index (κ2) is 7.01. The van der Waals surface area contributed by atoms with Gasteiger partial charge in [0.25, 0.3) is 0 Å². The molecule has 0 bridgehead atoms. The van der Waals surface area contributed by atoms with Gasteiger partial charge < -0.3 is 19.0 Å². The van der Waals surface area contributed by atoms with Crippen molar-refractivity contribution in [3.8, 4) is 23.2 Å². The topological polar surface area (TPSA) is 75.9 Å². The third-order valence-corrected chi connectivity index (χ3v) is 5.52. The number of benzene rings is 2. The molecule has 6 nitrogen and oxygen atoms in total. The number of aromatic nitrogens is 3. The minimum atomic E-state index is -0.559. The second-order valence-corrected chi connectivity index (χ2v) is 7.31. The molecule has 0 amide bonds. The summed E-state index contributed by atoms with van der Waals surface area (Å²) in [5, 5.41) is 10.1. The summed E-state index contributed by atoms with van der Waals surface area (Å²) >= 11 is 0. The zero-order valence-corrected chi connectivity index (χ0v) is 16.6. The highest BCUT2D eigenvalue weighted by Gasteiger charge is 2.29. The normalized spacial score (nSPS) is 15.7. The van der Waals surface area contributed by atoms with Crippen LogP contribution in [-0.2, 0) is 11.3 Å². The van der Waals surface area contributed by atoms with Gasteiger partial charge in [0.2, 0.25) is 0 Å². The Labute approximate surface area is 172 Å². The van der Waals surface area contributed by atoms with E-state index in [0.717, 1.165) is 22.3 Å². The Morgan fingerprint density at radius 2 is 2.20 bits per heavy atom. The van der Waals surface area contributed by atoms with E-state index >= 15 is 0 Å². The number of methoxy groups -OCH3 is 1. The summed E-state index contributed by atoms with van der Waals surface area (Å²) in [6, 6.07) is 13.0. The fraction of sp³-hybridized carbons (Fsp3) is 0.217. The van der Waals surface area contributed by atoms with Gasteiger partial charge in [-0.3, -0.25) is 0 Å². The maximum absolute atomic E-state index is 14.7. The molecule has 3 heterocycles. The molecule has 0 saturated carbocycles. The van der Waals surface area contributed by atoms with E-state index < -0.39 is 6.10 Å². The quantitative estimate of drug-likeness (QED) is 0.548. The van der Waals surface area contributed by atoms with Crippen LogP contribution in [0.5, 0.6) is 5.75 Å². The molecule has 150 valence electrons. The van der Waals surface area contributed by atoms with E-state index in [1.165, 1.54) is 0 Å². The van der Waals surface area contributed by atoms with Gasteiger partial charge in [-0.25, -0.2) is 9.37 Å². The van der Waals surface area contributed by atoms with Crippen LogP contribution in [0.2, 0.25) is 0 Å². The summed E-state index contributed by atoms with van der Waals surface area (Å²) in [5.41, 5.74) is 3.92. The number of ether oxygens (including phenoxy) is 2. The standard InChI is InChI=1S/C23H19FN4O2/c1-13-4-3-5-15(20(13)24)22-23-27-19(12-28(23)8-9-30-22)18-10-16-17(26-18)7-6-14(11-25)21(16)29-2/h3-7,10,12,22,26H,8-9H2,1-2H3. The molecule has 1 N–H and O–H groups in total. The molecule has 7 heteroatoms. The molecule has 1 aliphatic heterocycles. The highest BCUT2D eigenvalue weighted by atomic mass is 19.1. The number of nitrogens with zero attached hydrogens (tertiary/aromatic N) is 3. The SMILES string of the molecule is COc1c(C#N)ccc2[nH]c(-c3cn4c(n3)C(c3cccc(C)c3F)OCC4)cc12. The van der Waals surface area contributed by atoms with Gasteiger partial charge in [-0.15, -0.1) is 0 Å². The molecule has 1 atom stereocenters. The second-order valence-electron chi connectivity index (χ2n) is 7.31. The fourth-order valence-corrected chi connectivity index (χ4v) is 4.02. The van der Waals surface area contributed by atoms with Crippen LogP contribution in [-0.4, -0.2) is 28.3 Å². The maximum atomic E-state index is 14.7. The Balaban J connectivity index is 1.61. The first kappa shape index (κ1) is 18.4. The van der Waals surface area contributed by atoms with Gasteiger partial charge in [-0.05, 0) is 30.7 Å². The van der Waals surface area contributed by atoms with Crippen LogP contribution < -0.4 is 4.74 Å². The number of aryl methyl sites for hydroxylation is 1. The van der Waals surface area contributed by atoms with E-state index in [0.29, 0.717) is 41.4 Å². The van der Waals surface area contributed by atoms with Crippen molar-refractivity contribution in [3.63, 3.8) is 0 Å². The molecule has 1 aliphatic rings. The smallest absolute Gasteiger partial charge is 0.146 e. The van der Waals surface area contributed by atoms with Crippen molar-refractivity contribution in [1.29, 1.82) is 5.26 Å². The molecular weight excluding hydrogens is 383 g/mol. The van der Waals surface area contributed by atoms with E-state index in [-0.39, 0.29) is 5.82 Å². The Hall–Kier alpha value is -3.63. The molecule has 0 fully saturated rings. The lowest BCUT2D eigenvalue weighted by molar-refractivity contribution is 0.0408. The van der Waals surface area contributed by atoms with E-state index in [4.69, 9.17) is 14.5 Å². The van der Waals surface area contributed by atoms with Crippen molar-refractivity contribution in [1.82, 2.24) is 14.5 Å². The van der Waals surface area contributed by atoms with Gasteiger partial charge in [0.05, 0.1) is 25.0 Å². The van der Waals surface area contributed by atoms with Crippen molar-refractivity contribution in [2.45, 2.75) is 19.6 Å². The molecule has 2 aromatic carbocycles. The van der Waals surface area contributed by atoms with Crippen LogP contribution in [0.25, 0.3) is 22.3 Å². The number of rotatable bonds is 3. The van der Waals surface area contributed by atoms with Gasteiger partial charge in [-0.1, -0.05) is 18.2 Å². The van der Waals surface area contributed by atoms with Gasteiger partial charge >= 0.3 is 0 Å². The fourth-order valence-electron chi connectivity index (χ4n) is 4.02. The Bertz CT molecular complexity index is 1310. The van der Waals surface area contributed by atoms with Crippen molar-refractivity contribution >= 4 is 10.9 Å². The molecule has 0 radical (unpaired) electrons. The highest BCUT2D eigenvalue weighted by molar-refractivity contribution is 5.92. The van der Waals surface area contributed by atoms with Crippen LogP contribution >= 0.6 is 0 Å². The lowest BCUT2D eigenvalue weighted by Crippen LogP contribution is -2.23. The highest BCUT2D eigenvalue weighted by Crippen LogP contribution is 2.36. The molecule has 30 heavy (non-hydrogen) atoms. The van der Waals surface area contributed by atoms with E-state index in [1.807, 2.05) is 29.0 Å². The largest absolute Gasteiger partial charge is 0.495 e. The molecule has 0 spiro atoms. The van der Waals surface area contributed by atoms with Crippen LogP contribution in [0.3, 0.4) is 0 Å². The molecule has 5 rings (SSSR count). The van der Waals surface area contributed by atoms with E-state index in [9.17, 15) is 9.65 Å². The van der Waals surface area contributed by atoms with Crippen LogP contribution in [0, 0.1) is 24.1 Å². The number of aromatic amines is 1. The zero-order valence-electron chi connectivity index (χ0n) is 16.6. The number of hydrogen-bond acceptors (Lipinski definition) is 4. The van der Waals surface area contributed by atoms with E-state index in [1.54, 1.807) is 32.2 Å². The van der Waals surface area contributed by atoms with E-state index in [2.05, 4.69) is 11.1 Å². The summed E-state index contributed by atoms with van der Waals surface area (Å²) in [6.07, 6.45) is 1.39.